The van der Waals surface area contributed by atoms with E-state index in [0.29, 0.717) is 12.3 Å². The highest BCUT2D eigenvalue weighted by Crippen LogP contribution is 2.17. The summed E-state index contributed by atoms with van der Waals surface area (Å²) in [6.45, 7) is 2.58. The number of allylic oxidation sites excluding steroid dienone is 1. The number of hydrogen-bond acceptors (Lipinski definition) is 5. The summed E-state index contributed by atoms with van der Waals surface area (Å²) in [5.41, 5.74) is 11.7. The lowest BCUT2D eigenvalue weighted by Crippen LogP contribution is -2.23. The maximum absolute atomic E-state index is 8.98. The van der Waals surface area contributed by atoms with Crippen molar-refractivity contribution in [2.24, 2.45) is 11.6 Å². The zero-order valence-corrected chi connectivity index (χ0v) is 13.8. The van der Waals surface area contributed by atoms with Crippen molar-refractivity contribution in [1.29, 1.82) is 5.26 Å². The molecule has 0 aliphatic heterocycles. The van der Waals surface area contributed by atoms with Crippen molar-refractivity contribution in [3.05, 3.63) is 70.9 Å². The summed E-state index contributed by atoms with van der Waals surface area (Å²) in [6, 6.07) is 17.6. The van der Waals surface area contributed by atoms with Gasteiger partial charge in [0, 0.05) is 5.56 Å². The van der Waals surface area contributed by atoms with E-state index in [2.05, 4.69) is 24.5 Å². The van der Waals surface area contributed by atoms with Crippen LogP contribution in [0.3, 0.4) is 0 Å². The van der Waals surface area contributed by atoms with Crippen LogP contribution in [0.2, 0.25) is 0 Å². The predicted molar refractivity (Wildman–Crippen MR) is 95.3 cm³/mol. The highest BCUT2D eigenvalue weighted by molar-refractivity contribution is 5.68. The van der Waals surface area contributed by atoms with E-state index in [1.54, 1.807) is 0 Å². The third-order valence-corrected chi connectivity index (χ3v) is 3.63. The molecule has 0 atom stereocenters. The quantitative estimate of drug-likeness (QED) is 0.414. The molecule has 0 bridgehead atoms. The van der Waals surface area contributed by atoms with Gasteiger partial charge in [0.1, 0.15) is 18.4 Å². The Labute approximate surface area is 142 Å². The number of nitrogens with one attached hydrogen (secondary N) is 1. The van der Waals surface area contributed by atoms with Crippen LogP contribution in [0, 0.1) is 11.3 Å². The van der Waals surface area contributed by atoms with Crippen molar-refractivity contribution in [2.75, 3.05) is 0 Å². The lowest BCUT2D eigenvalue weighted by Gasteiger charge is -2.10. The highest BCUT2D eigenvalue weighted by Gasteiger charge is 2.05. The first-order valence-electron chi connectivity index (χ1n) is 7.85. The monoisotopic (exact) mass is 322 g/mol. The molecule has 5 heteroatoms. The summed E-state index contributed by atoms with van der Waals surface area (Å²) in [6.07, 6.45) is 2.20. The number of nitrogens with zero attached hydrogens (tertiary/aromatic N) is 1. The Bertz CT molecular complexity index is 745. The van der Waals surface area contributed by atoms with Gasteiger partial charge in [0.05, 0.1) is 5.70 Å². The number of nitrogens with two attached hydrogens (primary N) is 2. The molecule has 0 aliphatic rings. The van der Waals surface area contributed by atoms with Gasteiger partial charge in [-0.1, -0.05) is 43.7 Å². The van der Waals surface area contributed by atoms with Gasteiger partial charge in [-0.15, -0.1) is 0 Å². The van der Waals surface area contributed by atoms with Gasteiger partial charge in [-0.05, 0) is 35.7 Å². The Balaban J connectivity index is 2.07. The van der Waals surface area contributed by atoms with Gasteiger partial charge in [0.15, 0.2) is 5.70 Å². The van der Waals surface area contributed by atoms with Crippen molar-refractivity contribution in [1.82, 2.24) is 5.43 Å². The molecule has 0 aromatic heterocycles. The van der Waals surface area contributed by atoms with Crippen molar-refractivity contribution >= 4 is 5.70 Å². The number of rotatable bonds is 7. The van der Waals surface area contributed by atoms with Crippen molar-refractivity contribution in [2.45, 2.75) is 26.4 Å². The Hall–Kier alpha value is -2.97. The van der Waals surface area contributed by atoms with Crippen molar-refractivity contribution in [3.63, 3.8) is 0 Å². The summed E-state index contributed by atoms with van der Waals surface area (Å²) >= 11 is 0. The topological polar surface area (TPSA) is 97.1 Å². The normalized spacial score (nSPS) is 11.4. The van der Waals surface area contributed by atoms with Crippen LogP contribution in [0.15, 0.2) is 54.2 Å². The first-order valence-corrected chi connectivity index (χ1v) is 7.85. The predicted octanol–water partition coefficient (Wildman–Crippen LogP) is 2.83. The van der Waals surface area contributed by atoms with E-state index in [1.165, 1.54) is 5.56 Å². The fraction of sp³-hybridized carbons (Fsp3) is 0.211. The molecule has 124 valence electrons. The smallest absolute Gasteiger partial charge is 0.151 e. The molecule has 0 aliphatic carbocycles. The molecule has 2 aromatic carbocycles. The number of aryl methyl sites for hydroxylation is 1. The second kappa shape index (κ2) is 8.61. The summed E-state index contributed by atoms with van der Waals surface area (Å²) in [5, 5.41) is 8.98. The lowest BCUT2D eigenvalue weighted by molar-refractivity contribution is 0.306. The van der Waals surface area contributed by atoms with Crippen LogP contribution in [-0.4, -0.2) is 0 Å². The third kappa shape index (κ3) is 4.51. The fourth-order valence-electron chi connectivity index (χ4n) is 2.35. The second-order valence-corrected chi connectivity index (χ2v) is 5.43. The maximum atomic E-state index is 8.98. The molecular formula is C19H22N4O. The second-order valence-electron chi connectivity index (χ2n) is 5.43. The van der Waals surface area contributed by atoms with Crippen molar-refractivity contribution < 1.29 is 4.74 Å². The average Bonchev–Trinajstić information content (AvgIpc) is 2.62. The summed E-state index contributed by atoms with van der Waals surface area (Å²) in [7, 11) is 0. The molecule has 0 amide bonds. The molecule has 0 radical (unpaired) electrons. The maximum Gasteiger partial charge on any atom is 0.151 e. The molecule has 0 saturated carbocycles. The van der Waals surface area contributed by atoms with Gasteiger partial charge in [-0.2, -0.15) is 5.26 Å². The minimum absolute atomic E-state index is 0.139. The standard InChI is InChI=1S/C19H22N4O/c1-2-4-14-7-9-17(10-8-14)24-13-15-5-3-6-16(11-15)19(21)18(12-20)23-22/h3,5-11,23H,2,4,13,21-22H2,1H3/b19-18-. The average molecular weight is 322 g/mol. The van der Waals surface area contributed by atoms with E-state index in [9.17, 15) is 0 Å². The van der Waals surface area contributed by atoms with Crippen molar-refractivity contribution in [3.8, 4) is 11.8 Å². The molecule has 2 aromatic rings. The summed E-state index contributed by atoms with van der Waals surface area (Å²) in [4.78, 5) is 0. The van der Waals surface area contributed by atoms with E-state index < -0.39 is 0 Å². The number of hydrogen-bond donors (Lipinski definition) is 3. The van der Waals surface area contributed by atoms with Gasteiger partial charge in [-0.25, -0.2) is 5.84 Å². The third-order valence-electron chi connectivity index (χ3n) is 3.63. The summed E-state index contributed by atoms with van der Waals surface area (Å²) < 4.78 is 5.81. The van der Waals surface area contributed by atoms with Crippen LogP contribution in [0.1, 0.15) is 30.0 Å². The van der Waals surface area contributed by atoms with E-state index in [4.69, 9.17) is 21.6 Å². The Morgan fingerprint density at radius 1 is 1.17 bits per heavy atom. The summed E-state index contributed by atoms with van der Waals surface area (Å²) in [5.74, 6) is 6.12. The fourth-order valence-corrected chi connectivity index (χ4v) is 2.35. The minimum Gasteiger partial charge on any atom is -0.489 e. The molecule has 0 heterocycles. The highest BCUT2D eigenvalue weighted by atomic mass is 16.5. The van der Waals surface area contributed by atoms with Gasteiger partial charge < -0.3 is 15.9 Å². The van der Waals surface area contributed by atoms with Crippen LogP contribution in [0.4, 0.5) is 0 Å². The SMILES string of the molecule is CCCc1ccc(OCc2cccc(/C(N)=C(\C#N)NN)c2)cc1. The lowest BCUT2D eigenvalue weighted by atomic mass is 10.1. The van der Waals surface area contributed by atoms with Crippen LogP contribution in [0.5, 0.6) is 5.75 Å². The van der Waals surface area contributed by atoms with Crippen LogP contribution >= 0.6 is 0 Å². The number of hydrazine groups is 1. The largest absolute Gasteiger partial charge is 0.489 e. The number of ether oxygens (including phenoxy) is 1. The Morgan fingerprint density at radius 3 is 2.54 bits per heavy atom. The first kappa shape index (κ1) is 17.4. The van der Waals surface area contributed by atoms with Crippen LogP contribution < -0.4 is 21.7 Å². The van der Waals surface area contributed by atoms with Gasteiger partial charge in [-0.3, -0.25) is 0 Å². The Morgan fingerprint density at radius 2 is 1.92 bits per heavy atom. The van der Waals surface area contributed by atoms with E-state index >= 15 is 0 Å². The van der Waals surface area contributed by atoms with Gasteiger partial charge >= 0.3 is 0 Å². The molecule has 0 unspecified atom stereocenters. The molecule has 5 nitrogen and oxygen atoms in total. The molecule has 24 heavy (non-hydrogen) atoms. The zero-order chi connectivity index (χ0) is 17.4. The Kier molecular flexibility index (Phi) is 6.23. The molecule has 0 saturated heterocycles. The van der Waals surface area contributed by atoms with E-state index in [0.717, 1.165) is 29.7 Å². The van der Waals surface area contributed by atoms with Gasteiger partial charge in [0.25, 0.3) is 0 Å². The molecule has 2 rings (SSSR count). The number of nitriles is 1. The first-order chi connectivity index (χ1) is 11.7. The van der Waals surface area contributed by atoms with E-state index in [-0.39, 0.29) is 5.70 Å². The van der Waals surface area contributed by atoms with Gasteiger partial charge in [0.2, 0.25) is 0 Å². The zero-order valence-electron chi connectivity index (χ0n) is 13.8. The van der Waals surface area contributed by atoms with E-state index in [1.807, 2.05) is 42.5 Å². The minimum atomic E-state index is 0.139. The molecular weight excluding hydrogens is 300 g/mol. The van der Waals surface area contributed by atoms with Crippen LogP contribution in [0.25, 0.3) is 5.70 Å². The molecule has 0 fully saturated rings. The number of benzene rings is 2. The molecule has 5 N–H and O–H groups in total. The van der Waals surface area contributed by atoms with Crippen LogP contribution in [-0.2, 0) is 13.0 Å². The molecule has 0 spiro atoms.